The number of halogens is 1. The van der Waals surface area contributed by atoms with E-state index < -0.39 is 0 Å². The lowest BCUT2D eigenvalue weighted by atomic mass is 10.4. The molecule has 1 aromatic rings. The van der Waals surface area contributed by atoms with Crippen LogP contribution < -0.4 is 11.5 Å². The van der Waals surface area contributed by atoms with Crippen LogP contribution in [-0.4, -0.2) is 10.2 Å². The molecule has 0 unspecified atom stereocenters. The van der Waals surface area contributed by atoms with Crippen molar-refractivity contribution in [3.8, 4) is 0 Å². The zero-order chi connectivity index (χ0) is 5.98. The van der Waals surface area contributed by atoms with Gasteiger partial charge in [0.2, 0.25) is 0 Å². The standard InChI is InChI=1S/C4H6N4.ClH/c5-3-1-7-8-2-4(3)6;/h1-2H,(H2,6,7)(H2,5,8);1H. The minimum Gasteiger partial charge on any atom is -0.396 e. The summed E-state index contributed by atoms with van der Waals surface area (Å²) in [6.45, 7) is 0. The van der Waals surface area contributed by atoms with E-state index in [1.165, 1.54) is 12.4 Å². The summed E-state index contributed by atoms with van der Waals surface area (Å²) in [6, 6.07) is 0. The number of nitrogens with two attached hydrogens (primary N) is 2. The van der Waals surface area contributed by atoms with Crippen LogP contribution in [0.25, 0.3) is 0 Å². The first-order valence-corrected chi connectivity index (χ1v) is 2.12. The second-order valence-electron chi connectivity index (χ2n) is 1.40. The molecule has 0 aliphatic heterocycles. The number of anilines is 2. The Morgan fingerprint density at radius 3 is 1.56 bits per heavy atom. The Hall–Kier alpha value is -1.03. The Labute approximate surface area is 58.7 Å². The van der Waals surface area contributed by atoms with Crippen molar-refractivity contribution in [1.29, 1.82) is 0 Å². The largest absolute Gasteiger partial charge is 0.396 e. The molecule has 0 aliphatic carbocycles. The summed E-state index contributed by atoms with van der Waals surface area (Å²) in [5, 5.41) is 6.98. The number of nitrogens with zero attached hydrogens (tertiary/aromatic N) is 2. The molecule has 1 aromatic heterocycles. The molecule has 0 atom stereocenters. The summed E-state index contributed by atoms with van der Waals surface area (Å²) in [5.74, 6) is 0. The summed E-state index contributed by atoms with van der Waals surface area (Å²) < 4.78 is 0. The van der Waals surface area contributed by atoms with Gasteiger partial charge >= 0.3 is 0 Å². The van der Waals surface area contributed by atoms with Crippen molar-refractivity contribution in [3.05, 3.63) is 12.4 Å². The van der Waals surface area contributed by atoms with Crippen molar-refractivity contribution in [2.24, 2.45) is 0 Å². The molecule has 1 rings (SSSR count). The molecular formula is C4H7ClN4. The van der Waals surface area contributed by atoms with Gasteiger partial charge in [0, 0.05) is 0 Å². The van der Waals surface area contributed by atoms with E-state index in [1.807, 2.05) is 0 Å². The van der Waals surface area contributed by atoms with Crippen LogP contribution >= 0.6 is 12.4 Å². The topological polar surface area (TPSA) is 77.8 Å². The zero-order valence-electron chi connectivity index (χ0n) is 4.61. The van der Waals surface area contributed by atoms with Gasteiger partial charge in [0.05, 0.1) is 23.8 Å². The number of rotatable bonds is 0. The average Bonchev–Trinajstić information content (AvgIpc) is 1.77. The van der Waals surface area contributed by atoms with Crippen LogP contribution in [0.1, 0.15) is 0 Å². The fourth-order valence-corrected chi connectivity index (χ4v) is 0.340. The number of aromatic nitrogens is 2. The van der Waals surface area contributed by atoms with E-state index in [0.29, 0.717) is 11.4 Å². The predicted octanol–water partition coefficient (Wildman–Crippen LogP) is 0.0628. The van der Waals surface area contributed by atoms with E-state index >= 15 is 0 Å². The quantitative estimate of drug-likeness (QED) is 0.543. The highest BCUT2D eigenvalue weighted by atomic mass is 35.5. The lowest BCUT2D eigenvalue weighted by Gasteiger charge is -1.92. The molecular weight excluding hydrogens is 140 g/mol. The minimum atomic E-state index is 0. The molecule has 0 aliphatic rings. The predicted molar refractivity (Wildman–Crippen MR) is 38.1 cm³/mol. The summed E-state index contributed by atoms with van der Waals surface area (Å²) in [4.78, 5) is 0. The van der Waals surface area contributed by atoms with Gasteiger partial charge in [-0.2, -0.15) is 10.2 Å². The van der Waals surface area contributed by atoms with Crippen LogP contribution in [0.5, 0.6) is 0 Å². The molecule has 0 aromatic carbocycles. The average molecular weight is 147 g/mol. The molecule has 50 valence electrons. The first kappa shape index (κ1) is 7.97. The Balaban J connectivity index is 0.000000640. The molecule has 0 radical (unpaired) electrons. The second-order valence-corrected chi connectivity index (χ2v) is 1.40. The van der Waals surface area contributed by atoms with Crippen molar-refractivity contribution in [1.82, 2.24) is 10.2 Å². The van der Waals surface area contributed by atoms with Gasteiger partial charge in [-0.15, -0.1) is 12.4 Å². The molecule has 0 bridgehead atoms. The highest BCUT2D eigenvalue weighted by Gasteiger charge is 1.87. The van der Waals surface area contributed by atoms with Gasteiger partial charge in [0.15, 0.2) is 0 Å². The van der Waals surface area contributed by atoms with Gasteiger partial charge in [0.25, 0.3) is 0 Å². The second kappa shape index (κ2) is 3.09. The first-order valence-electron chi connectivity index (χ1n) is 2.12. The smallest absolute Gasteiger partial charge is 0.0769 e. The highest BCUT2D eigenvalue weighted by Crippen LogP contribution is 2.06. The monoisotopic (exact) mass is 146 g/mol. The summed E-state index contributed by atoms with van der Waals surface area (Å²) in [5.41, 5.74) is 11.5. The normalized spacial score (nSPS) is 8.00. The van der Waals surface area contributed by atoms with E-state index in [-0.39, 0.29) is 12.4 Å². The van der Waals surface area contributed by atoms with Crippen LogP contribution in [0, 0.1) is 0 Å². The molecule has 4 N–H and O–H groups in total. The van der Waals surface area contributed by atoms with Gasteiger partial charge in [0.1, 0.15) is 0 Å². The molecule has 0 spiro atoms. The molecule has 9 heavy (non-hydrogen) atoms. The number of hydrogen-bond donors (Lipinski definition) is 2. The molecule has 4 nitrogen and oxygen atoms in total. The van der Waals surface area contributed by atoms with Crippen LogP contribution in [-0.2, 0) is 0 Å². The number of nitrogen functional groups attached to an aromatic ring is 2. The van der Waals surface area contributed by atoms with Gasteiger partial charge in [-0.3, -0.25) is 0 Å². The van der Waals surface area contributed by atoms with Gasteiger partial charge < -0.3 is 11.5 Å². The van der Waals surface area contributed by atoms with Crippen LogP contribution in [0.2, 0.25) is 0 Å². The van der Waals surface area contributed by atoms with Gasteiger partial charge in [-0.1, -0.05) is 0 Å². The Bertz CT molecular complexity index is 169. The maximum atomic E-state index is 5.29. The Kier molecular flexibility index (Phi) is 2.73. The number of hydrogen-bond acceptors (Lipinski definition) is 4. The summed E-state index contributed by atoms with van der Waals surface area (Å²) in [7, 11) is 0. The fourth-order valence-electron chi connectivity index (χ4n) is 0.340. The van der Waals surface area contributed by atoms with Gasteiger partial charge in [-0.25, -0.2) is 0 Å². The van der Waals surface area contributed by atoms with Crippen molar-refractivity contribution in [2.75, 3.05) is 11.5 Å². The van der Waals surface area contributed by atoms with Crippen LogP contribution in [0.4, 0.5) is 11.4 Å². The van der Waals surface area contributed by atoms with Crippen molar-refractivity contribution < 1.29 is 0 Å². The molecule has 0 amide bonds. The summed E-state index contributed by atoms with van der Waals surface area (Å²) >= 11 is 0. The van der Waals surface area contributed by atoms with Crippen molar-refractivity contribution in [2.45, 2.75) is 0 Å². The summed E-state index contributed by atoms with van der Waals surface area (Å²) in [6.07, 6.45) is 2.82. The SMILES string of the molecule is Cl.Nc1cnncc1N. The maximum absolute atomic E-state index is 5.29. The zero-order valence-corrected chi connectivity index (χ0v) is 5.43. The third-order valence-corrected chi connectivity index (χ3v) is 0.794. The Morgan fingerprint density at radius 1 is 1.00 bits per heavy atom. The van der Waals surface area contributed by atoms with Crippen LogP contribution in [0.3, 0.4) is 0 Å². The molecule has 0 saturated carbocycles. The van der Waals surface area contributed by atoms with E-state index in [2.05, 4.69) is 10.2 Å². The lowest BCUT2D eigenvalue weighted by Crippen LogP contribution is -1.95. The van der Waals surface area contributed by atoms with E-state index in [4.69, 9.17) is 11.5 Å². The van der Waals surface area contributed by atoms with E-state index in [9.17, 15) is 0 Å². The third kappa shape index (κ3) is 1.73. The lowest BCUT2D eigenvalue weighted by molar-refractivity contribution is 1.04. The molecule has 0 saturated heterocycles. The minimum absolute atomic E-state index is 0. The maximum Gasteiger partial charge on any atom is 0.0769 e. The first-order chi connectivity index (χ1) is 3.80. The molecule has 5 heteroatoms. The Morgan fingerprint density at radius 2 is 1.33 bits per heavy atom. The van der Waals surface area contributed by atoms with Crippen molar-refractivity contribution >= 4 is 23.8 Å². The van der Waals surface area contributed by atoms with E-state index in [0.717, 1.165) is 0 Å². The third-order valence-electron chi connectivity index (χ3n) is 0.794. The van der Waals surface area contributed by atoms with Crippen molar-refractivity contribution in [3.63, 3.8) is 0 Å². The fraction of sp³-hybridized carbons (Fsp3) is 0. The van der Waals surface area contributed by atoms with Crippen LogP contribution in [0.15, 0.2) is 12.4 Å². The van der Waals surface area contributed by atoms with E-state index in [1.54, 1.807) is 0 Å². The molecule has 1 heterocycles. The van der Waals surface area contributed by atoms with Gasteiger partial charge in [-0.05, 0) is 0 Å². The highest BCUT2D eigenvalue weighted by molar-refractivity contribution is 5.85. The molecule has 0 fully saturated rings.